The third-order valence-corrected chi connectivity index (χ3v) is 4.50. The molecule has 1 aliphatic rings. The maximum absolute atomic E-state index is 6.09. The Morgan fingerprint density at radius 1 is 1.35 bits per heavy atom. The van der Waals surface area contributed by atoms with Crippen molar-refractivity contribution in [3.63, 3.8) is 0 Å². The van der Waals surface area contributed by atoms with E-state index in [0.717, 1.165) is 6.54 Å². The average molecular weight is 317 g/mol. The quantitative estimate of drug-likeness (QED) is 0.902. The van der Waals surface area contributed by atoms with Gasteiger partial charge in [0.1, 0.15) is 12.4 Å². The SMILES string of the molecule is CC1CCCC(CN)N1CCOc1ccc(Cl)cc1Cl. The van der Waals surface area contributed by atoms with Crippen LogP contribution in [0.1, 0.15) is 26.2 Å². The van der Waals surface area contributed by atoms with Gasteiger partial charge < -0.3 is 10.5 Å². The Kier molecular flexibility index (Phi) is 5.97. The monoisotopic (exact) mass is 316 g/mol. The molecule has 1 fully saturated rings. The lowest BCUT2D eigenvalue weighted by atomic mass is 9.96. The zero-order valence-electron chi connectivity index (χ0n) is 11.8. The lowest BCUT2D eigenvalue weighted by molar-refractivity contribution is 0.0799. The number of hydrogen-bond donors (Lipinski definition) is 1. The highest BCUT2D eigenvalue weighted by molar-refractivity contribution is 6.35. The van der Waals surface area contributed by atoms with Gasteiger partial charge in [-0.1, -0.05) is 29.6 Å². The molecule has 0 spiro atoms. The molecule has 2 unspecified atom stereocenters. The average Bonchev–Trinajstić information content (AvgIpc) is 2.42. The molecule has 2 rings (SSSR count). The molecule has 5 heteroatoms. The molecular weight excluding hydrogens is 295 g/mol. The fraction of sp³-hybridized carbons (Fsp3) is 0.600. The van der Waals surface area contributed by atoms with Crippen molar-refractivity contribution in [2.45, 2.75) is 38.3 Å². The van der Waals surface area contributed by atoms with Gasteiger partial charge in [-0.05, 0) is 38.0 Å². The van der Waals surface area contributed by atoms with Crippen molar-refractivity contribution >= 4 is 23.2 Å². The van der Waals surface area contributed by atoms with E-state index in [1.807, 2.05) is 6.07 Å². The molecule has 2 atom stereocenters. The van der Waals surface area contributed by atoms with Crippen molar-refractivity contribution in [2.75, 3.05) is 19.7 Å². The third kappa shape index (κ3) is 4.01. The fourth-order valence-electron chi connectivity index (χ4n) is 2.85. The van der Waals surface area contributed by atoms with Gasteiger partial charge in [0.25, 0.3) is 0 Å². The van der Waals surface area contributed by atoms with Crippen LogP contribution in [-0.2, 0) is 0 Å². The smallest absolute Gasteiger partial charge is 0.138 e. The minimum Gasteiger partial charge on any atom is -0.491 e. The van der Waals surface area contributed by atoms with Crippen molar-refractivity contribution in [2.24, 2.45) is 5.73 Å². The first-order valence-electron chi connectivity index (χ1n) is 7.15. The van der Waals surface area contributed by atoms with Gasteiger partial charge in [0.05, 0.1) is 5.02 Å². The maximum Gasteiger partial charge on any atom is 0.138 e. The van der Waals surface area contributed by atoms with Gasteiger partial charge >= 0.3 is 0 Å². The Bertz CT molecular complexity index is 442. The first-order chi connectivity index (χ1) is 9.61. The first kappa shape index (κ1) is 15.9. The molecule has 1 aromatic rings. The van der Waals surface area contributed by atoms with Crippen LogP contribution in [0, 0.1) is 0 Å². The summed E-state index contributed by atoms with van der Waals surface area (Å²) in [5.74, 6) is 0.685. The normalized spacial score (nSPS) is 23.8. The Balaban J connectivity index is 1.87. The topological polar surface area (TPSA) is 38.5 Å². The molecule has 0 aromatic heterocycles. The standard InChI is InChI=1S/C15H22Cl2N2O/c1-11-3-2-4-13(10-18)19(11)7-8-20-15-6-5-12(16)9-14(15)17/h5-6,9,11,13H,2-4,7-8,10,18H2,1H3. The Morgan fingerprint density at radius 3 is 2.85 bits per heavy atom. The number of nitrogens with zero attached hydrogens (tertiary/aromatic N) is 1. The second-order valence-corrected chi connectivity index (χ2v) is 6.17. The van der Waals surface area contributed by atoms with E-state index in [0.29, 0.717) is 41.0 Å². The zero-order valence-corrected chi connectivity index (χ0v) is 13.3. The molecule has 2 N–H and O–H groups in total. The highest BCUT2D eigenvalue weighted by Gasteiger charge is 2.26. The minimum atomic E-state index is 0.475. The molecule has 0 saturated carbocycles. The van der Waals surface area contributed by atoms with Crippen LogP contribution in [-0.4, -0.2) is 36.7 Å². The van der Waals surface area contributed by atoms with Crippen LogP contribution in [0.5, 0.6) is 5.75 Å². The second-order valence-electron chi connectivity index (χ2n) is 5.33. The lowest BCUT2D eigenvalue weighted by Crippen LogP contribution is -2.50. The Labute approximate surface area is 131 Å². The van der Waals surface area contributed by atoms with E-state index in [4.69, 9.17) is 33.7 Å². The summed E-state index contributed by atoms with van der Waals surface area (Å²) in [6.07, 6.45) is 3.68. The van der Waals surface area contributed by atoms with E-state index in [9.17, 15) is 0 Å². The number of ether oxygens (including phenoxy) is 1. The number of hydrogen-bond acceptors (Lipinski definition) is 3. The Morgan fingerprint density at radius 2 is 2.15 bits per heavy atom. The van der Waals surface area contributed by atoms with Crippen LogP contribution in [0.25, 0.3) is 0 Å². The summed E-state index contributed by atoms with van der Waals surface area (Å²) in [5.41, 5.74) is 5.86. The Hall–Kier alpha value is -0.480. The van der Waals surface area contributed by atoms with Crippen molar-refractivity contribution in [3.8, 4) is 5.75 Å². The molecule has 20 heavy (non-hydrogen) atoms. The van der Waals surface area contributed by atoms with Crippen LogP contribution in [0.15, 0.2) is 18.2 Å². The van der Waals surface area contributed by atoms with Crippen molar-refractivity contribution in [1.82, 2.24) is 4.90 Å². The van der Waals surface area contributed by atoms with Crippen LogP contribution in [0.3, 0.4) is 0 Å². The van der Waals surface area contributed by atoms with Gasteiger partial charge in [-0.25, -0.2) is 0 Å². The van der Waals surface area contributed by atoms with E-state index < -0.39 is 0 Å². The third-order valence-electron chi connectivity index (χ3n) is 3.97. The van der Waals surface area contributed by atoms with Crippen molar-refractivity contribution in [3.05, 3.63) is 28.2 Å². The fourth-order valence-corrected chi connectivity index (χ4v) is 3.31. The summed E-state index contributed by atoms with van der Waals surface area (Å²) < 4.78 is 5.76. The predicted molar refractivity (Wildman–Crippen MR) is 84.8 cm³/mol. The van der Waals surface area contributed by atoms with Gasteiger partial charge in [0.2, 0.25) is 0 Å². The van der Waals surface area contributed by atoms with Crippen LogP contribution >= 0.6 is 23.2 Å². The largest absolute Gasteiger partial charge is 0.491 e. The number of nitrogens with two attached hydrogens (primary N) is 1. The van der Waals surface area contributed by atoms with Gasteiger partial charge in [-0.15, -0.1) is 0 Å². The summed E-state index contributed by atoms with van der Waals surface area (Å²) >= 11 is 12.0. The molecule has 112 valence electrons. The zero-order chi connectivity index (χ0) is 14.5. The minimum absolute atomic E-state index is 0.475. The molecule has 0 aliphatic carbocycles. The van der Waals surface area contributed by atoms with Gasteiger partial charge in [0, 0.05) is 30.2 Å². The second kappa shape index (κ2) is 7.51. The molecule has 1 saturated heterocycles. The summed E-state index contributed by atoms with van der Waals surface area (Å²) in [5, 5.41) is 1.18. The molecule has 3 nitrogen and oxygen atoms in total. The molecular formula is C15H22Cl2N2O. The molecule has 0 radical (unpaired) electrons. The predicted octanol–water partition coefficient (Wildman–Crippen LogP) is 3.57. The summed E-state index contributed by atoms with van der Waals surface area (Å²) in [4.78, 5) is 2.45. The number of halogens is 2. The number of rotatable bonds is 5. The molecule has 1 aromatic carbocycles. The summed E-state index contributed by atoms with van der Waals surface area (Å²) in [6, 6.07) is 6.34. The highest BCUT2D eigenvalue weighted by atomic mass is 35.5. The lowest BCUT2D eigenvalue weighted by Gasteiger charge is -2.40. The maximum atomic E-state index is 6.09. The molecule has 1 heterocycles. The van der Waals surface area contributed by atoms with Gasteiger partial charge in [0.15, 0.2) is 0 Å². The number of piperidine rings is 1. The van der Waals surface area contributed by atoms with E-state index in [1.165, 1.54) is 19.3 Å². The molecule has 1 aliphatic heterocycles. The summed E-state index contributed by atoms with van der Waals surface area (Å²) in [7, 11) is 0. The van der Waals surface area contributed by atoms with Crippen LogP contribution in [0.4, 0.5) is 0 Å². The number of benzene rings is 1. The molecule has 0 bridgehead atoms. The van der Waals surface area contributed by atoms with Crippen molar-refractivity contribution in [1.29, 1.82) is 0 Å². The number of likely N-dealkylation sites (tertiary alicyclic amines) is 1. The van der Waals surface area contributed by atoms with E-state index >= 15 is 0 Å². The van der Waals surface area contributed by atoms with Gasteiger partial charge in [-0.3, -0.25) is 4.90 Å². The van der Waals surface area contributed by atoms with Crippen molar-refractivity contribution < 1.29 is 4.74 Å². The van der Waals surface area contributed by atoms with E-state index in [1.54, 1.807) is 12.1 Å². The highest BCUT2D eigenvalue weighted by Crippen LogP contribution is 2.28. The van der Waals surface area contributed by atoms with E-state index in [-0.39, 0.29) is 0 Å². The first-order valence-corrected chi connectivity index (χ1v) is 7.91. The van der Waals surface area contributed by atoms with Crippen LogP contribution in [0.2, 0.25) is 10.0 Å². The van der Waals surface area contributed by atoms with Gasteiger partial charge in [-0.2, -0.15) is 0 Å². The van der Waals surface area contributed by atoms with E-state index in [2.05, 4.69) is 11.8 Å². The summed E-state index contributed by atoms with van der Waals surface area (Å²) in [6.45, 7) is 4.47. The van der Waals surface area contributed by atoms with Crippen LogP contribution < -0.4 is 10.5 Å². The molecule has 0 amide bonds.